The highest BCUT2D eigenvalue weighted by Gasteiger charge is 2.13. The number of rotatable bonds is 3. The van der Waals surface area contributed by atoms with Crippen LogP contribution in [0.15, 0.2) is 60.7 Å². The van der Waals surface area contributed by atoms with Crippen molar-refractivity contribution in [2.24, 2.45) is 0 Å². The van der Waals surface area contributed by atoms with E-state index in [4.69, 9.17) is 12.2 Å². The Morgan fingerprint density at radius 2 is 1.75 bits per heavy atom. The van der Waals surface area contributed by atoms with Crippen LogP contribution in [0.3, 0.4) is 0 Å². The Bertz CT molecular complexity index is 1020. The van der Waals surface area contributed by atoms with Crippen molar-refractivity contribution in [1.82, 2.24) is 4.98 Å². The van der Waals surface area contributed by atoms with Crippen LogP contribution < -0.4 is 0 Å². The van der Waals surface area contributed by atoms with Crippen molar-refractivity contribution in [3.8, 4) is 28.5 Å². The molecule has 116 valence electrons. The number of pyridine rings is 1. The van der Waals surface area contributed by atoms with Crippen LogP contribution >= 0.6 is 12.2 Å². The number of hydrogen-bond acceptors (Lipinski definition) is 4. The number of nitriles is 1. The fraction of sp³-hybridized carbons (Fsp3) is 0. The third-order valence-corrected chi connectivity index (χ3v) is 3.90. The van der Waals surface area contributed by atoms with E-state index in [1.54, 1.807) is 18.2 Å². The summed E-state index contributed by atoms with van der Waals surface area (Å²) < 4.78 is 0.306. The lowest BCUT2D eigenvalue weighted by molar-refractivity contribution is -0.384. The molecule has 0 bridgehead atoms. The van der Waals surface area contributed by atoms with Gasteiger partial charge in [0, 0.05) is 23.4 Å². The monoisotopic (exact) mass is 333 g/mol. The number of nitrogens with one attached hydrogen (secondary N) is 1. The van der Waals surface area contributed by atoms with Gasteiger partial charge in [-0.05, 0) is 17.2 Å². The van der Waals surface area contributed by atoms with Crippen molar-refractivity contribution in [2.45, 2.75) is 0 Å². The zero-order valence-electron chi connectivity index (χ0n) is 12.4. The first kappa shape index (κ1) is 15.6. The molecule has 3 rings (SSSR count). The van der Waals surface area contributed by atoms with E-state index in [-0.39, 0.29) is 5.69 Å². The highest BCUT2D eigenvalue weighted by Crippen LogP contribution is 2.30. The summed E-state index contributed by atoms with van der Waals surface area (Å²) in [5.74, 6) is 0. The number of non-ortho nitro benzene ring substituents is 1. The van der Waals surface area contributed by atoms with Crippen LogP contribution in [0.4, 0.5) is 5.69 Å². The van der Waals surface area contributed by atoms with Gasteiger partial charge in [-0.15, -0.1) is 0 Å². The van der Waals surface area contributed by atoms with Gasteiger partial charge in [-0.2, -0.15) is 5.26 Å². The Labute approximate surface area is 143 Å². The summed E-state index contributed by atoms with van der Waals surface area (Å²) in [7, 11) is 0. The number of aromatic nitrogens is 1. The van der Waals surface area contributed by atoms with Gasteiger partial charge < -0.3 is 4.98 Å². The van der Waals surface area contributed by atoms with E-state index in [1.807, 2.05) is 30.3 Å². The van der Waals surface area contributed by atoms with E-state index in [2.05, 4.69) is 11.1 Å². The van der Waals surface area contributed by atoms with Crippen molar-refractivity contribution in [3.63, 3.8) is 0 Å². The molecule has 6 heteroatoms. The number of hydrogen-bond donors (Lipinski definition) is 1. The van der Waals surface area contributed by atoms with Gasteiger partial charge >= 0.3 is 0 Å². The predicted molar refractivity (Wildman–Crippen MR) is 93.9 cm³/mol. The summed E-state index contributed by atoms with van der Waals surface area (Å²) >= 11 is 5.30. The lowest BCUT2D eigenvalue weighted by atomic mass is 9.99. The van der Waals surface area contributed by atoms with Crippen LogP contribution in [0.1, 0.15) is 5.56 Å². The molecule has 0 amide bonds. The molecule has 1 aromatic heterocycles. The Morgan fingerprint density at radius 1 is 1.04 bits per heavy atom. The van der Waals surface area contributed by atoms with Crippen LogP contribution in [0.2, 0.25) is 0 Å². The maximum atomic E-state index is 11.0. The van der Waals surface area contributed by atoms with Crippen LogP contribution in [0, 0.1) is 26.1 Å². The van der Waals surface area contributed by atoms with Crippen LogP contribution in [-0.4, -0.2) is 9.91 Å². The molecule has 0 atom stereocenters. The van der Waals surface area contributed by atoms with Crippen molar-refractivity contribution in [3.05, 3.63) is 81.0 Å². The second-order valence-corrected chi connectivity index (χ2v) is 5.49. The van der Waals surface area contributed by atoms with E-state index >= 15 is 0 Å². The SMILES string of the molecule is N#Cc1c(-c2cccc([N+](=O)[O-])c2)cc(-c2ccccc2)[nH]c1=S. The standard InChI is InChI=1S/C18H11N3O2S/c19-11-16-15(13-7-4-8-14(9-13)21(22)23)10-17(20-18(16)24)12-5-2-1-3-6-12/h1-10H,(H,20,24). The largest absolute Gasteiger partial charge is 0.345 e. The fourth-order valence-corrected chi connectivity index (χ4v) is 2.72. The average Bonchev–Trinajstić information content (AvgIpc) is 2.62. The molecule has 0 radical (unpaired) electrons. The summed E-state index contributed by atoms with van der Waals surface area (Å²) in [6, 6.07) is 19.6. The molecule has 0 saturated carbocycles. The smallest absolute Gasteiger partial charge is 0.270 e. The first-order chi connectivity index (χ1) is 11.6. The number of aromatic amines is 1. The third kappa shape index (κ3) is 2.93. The second-order valence-electron chi connectivity index (χ2n) is 5.09. The maximum Gasteiger partial charge on any atom is 0.270 e. The molecule has 0 unspecified atom stereocenters. The van der Waals surface area contributed by atoms with Crippen molar-refractivity contribution in [1.29, 1.82) is 5.26 Å². The van der Waals surface area contributed by atoms with Crippen LogP contribution in [-0.2, 0) is 0 Å². The summed E-state index contributed by atoms with van der Waals surface area (Å²) in [5.41, 5.74) is 3.09. The molecule has 24 heavy (non-hydrogen) atoms. The van der Waals surface area contributed by atoms with Crippen molar-refractivity contribution < 1.29 is 4.92 Å². The average molecular weight is 333 g/mol. The Kier molecular flexibility index (Phi) is 4.18. The van der Waals surface area contributed by atoms with E-state index < -0.39 is 4.92 Å². The normalized spacial score (nSPS) is 10.1. The van der Waals surface area contributed by atoms with Crippen molar-refractivity contribution >= 4 is 17.9 Å². The maximum absolute atomic E-state index is 11.0. The zero-order chi connectivity index (χ0) is 17.1. The first-order valence-electron chi connectivity index (χ1n) is 7.08. The Balaban J connectivity index is 2.25. The van der Waals surface area contributed by atoms with E-state index in [0.717, 1.165) is 11.3 Å². The minimum absolute atomic E-state index is 0.0311. The molecule has 0 spiro atoms. The predicted octanol–water partition coefficient (Wildman–Crippen LogP) is 4.86. The molecule has 1 heterocycles. The fourth-order valence-electron chi connectivity index (χ4n) is 2.46. The molecule has 3 aromatic rings. The van der Waals surface area contributed by atoms with Crippen molar-refractivity contribution in [2.75, 3.05) is 0 Å². The van der Waals surface area contributed by atoms with Gasteiger partial charge in [0.25, 0.3) is 5.69 Å². The lowest BCUT2D eigenvalue weighted by Gasteiger charge is -2.09. The van der Waals surface area contributed by atoms with E-state index in [9.17, 15) is 15.4 Å². The highest BCUT2D eigenvalue weighted by atomic mass is 32.1. The first-order valence-corrected chi connectivity index (χ1v) is 7.48. The molecular weight excluding hydrogens is 322 g/mol. The minimum atomic E-state index is -0.461. The summed E-state index contributed by atoms with van der Waals surface area (Å²) in [4.78, 5) is 13.6. The molecule has 1 N–H and O–H groups in total. The number of H-pyrrole nitrogens is 1. The molecule has 5 nitrogen and oxygen atoms in total. The number of nitro groups is 1. The Morgan fingerprint density at radius 3 is 2.42 bits per heavy atom. The van der Waals surface area contributed by atoms with Gasteiger partial charge in [-0.1, -0.05) is 54.7 Å². The number of benzene rings is 2. The number of nitrogens with zero attached hydrogens (tertiary/aromatic N) is 2. The van der Waals surface area contributed by atoms with Gasteiger partial charge in [0.2, 0.25) is 0 Å². The zero-order valence-corrected chi connectivity index (χ0v) is 13.2. The molecule has 2 aromatic carbocycles. The van der Waals surface area contributed by atoms with Gasteiger partial charge in [-0.3, -0.25) is 10.1 Å². The minimum Gasteiger partial charge on any atom is -0.345 e. The van der Waals surface area contributed by atoms with Gasteiger partial charge in [0.05, 0.1) is 10.5 Å². The summed E-state index contributed by atoms with van der Waals surface area (Å²) in [6.07, 6.45) is 0. The second kappa shape index (κ2) is 6.44. The summed E-state index contributed by atoms with van der Waals surface area (Å²) in [5, 5.41) is 20.4. The molecule has 0 aliphatic heterocycles. The van der Waals surface area contributed by atoms with Crippen LogP contribution in [0.5, 0.6) is 0 Å². The molecule has 0 fully saturated rings. The van der Waals surface area contributed by atoms with E-state index in [0.29, 0.717) is 21.3 Å². The molecule has 0 aliphatic carbocycles. The molecule has 0 aliphatic rings. The number of nitro benzene ring substituents is 1. The molecule has 0 saturated heterocycles. The van der Waals surface area contributed by atoms with Gasteiger partial charge in [0.15, 0.2) is 0 Å². The third-order valence-electron chi connectivity index (χ3n) is 3.60. The highest BCUT2D eigenvalue weighted by molar-refractivity contribution is 7.71. The van der Waals surface area contributed by atoms with E-state index in [1.165, 1.54) is 12.1 Å². The van der Waals surface area contributed by atoms with Gasteiger partial charge in [0.1, 0.15) is 10.7 Å². The molecular formula is C18H11N3O2S. The lowest BCUT2D eigenvalue weighted by Crippen LogP contribution is -1.94. The van der Waals surface area contributed by atoms with Gasteiger partial charge in [-0.25, -0.2) is 0 Å². The Hall–Kier alpha value is -3.30. The topological polar surface area (TPSA) is 82.7 Å². The quantitative estimate of drug-likeness (QED) is 0.421. The van der Waals surface area contributed by atoms with Crippen LogP contribution in [0.25, 0.3) is 22.4 Å². The summed E-state index contributed by atoms with van der Waals surface area (Å²) in [6.45, 7) is 0.